The Morgan fingerprint density at radius 3 is 2.64 bits per heavy atom. The van der Waals surface area contributed by atoms with E-state index in [1.54, 1.807) is 7.11 Å². The second kappa shape index (κ2) is 5.02. The lowest BCUT2D eigenvalue weighted by atomic mass is 10.1. The standard InChI is InChI=1S/C10H13F2NO/c1-14-6-8(13)4-7-2-3-9(11)10(12)5-7/h2-3,5,8H,4,6,13H2,1H3/t8-/m1/s1. The minimum Gasteiger partial charge on any atom is -0.383 e. The summed E-state index contributed by atoms with van der Waals surface area (Å²) in [6.45, 7) is 0.402. The summed E-state index contributed by atoms with van der Waals surface area (Å²) in [7, 11) is 1.55. The fraction of sp³-hybridized carbons (Fsp3) is 0.400. The van der Waals surface area contributed by atoms with Gasteiger partial charge in [-0.3, -0.25) is 0 Å². The molecule has 4 heteroatoms. The highest BCUT2D eigenvalue weighted by Gasteiger charge is 2.06. The summed E-state index contributed by atoms with van der Waals surface area (Å²) in [6, 6.07) is 3.59. The predicted octanol–water partition coefficient (Wildman–Crippen LogP) is 1.48. The largest absolute Gasteiger partial charge is 0.383 e. The van der Waals surface area contributed by atoms with E-state index in [4.69, 9.17) is 10.5 Å². The summed E-state index contributed by atoms with van der Waals surface area (Å²) < 4.78 is 30.2. The molecule has 2 nitrogen and oxygen atoms in total. The quantitative estimate of drug-likeness (QED) is 0.800. The Bertz CT molecular complexity index is 304. The van der Waals surface area contributed by atoms with Crippen LogP contribution in [0.25, 0.3) is 0 Å². The monoisotopic (exact) mass is 201 g/mol. The lowest BCUT2D eigenvalue weighted by molar-refractivity contribution is 0.180. The Hall–Kier alpha value is -1.00. The first-order valence-electron chi connectivity index (χ1n) is 4.32. The Morgan fingerprint density at radius 1 is 1.36 bits per heavy atom. The van der Waals surface area contributed by atoms with Crippen LogP contribution in [0.4, 0.5) is 8.78 Å². The zero-order chi connectivity index (χ0) is 10.6. The van der Waals surface area contributed by atoms with E-state index in [2.05, 4.69) is 0 Å². The van der Waals surface area contributed by atoms with Crippen molar-refractivity contribution >= 4 is 0 Å². The molecule has 1 atom stereocenters. The highest BCUT2D eigenvalue weighted by atomic mass is 19.2. The lowest BCUT2D eigenvalue weighted by Gasteiger charge is -2.10. The highest BCUT2D eigenvalue weighted by molar-refractivity contribution is 5.18. The summed E-state index contributed by atoms with van der Waals surface area (Å²) in [5.41, 5.74) is 6.34. The molecule has 0 saturated carbocycles. The Morgan fingerprint density at radius 2 is 2.07 bits per heavy atom. The molecular weight excluding hydrogens is 188 g/mol. The number of nitrogens with two attached hydrogens (primary N) is 1. The van der Waals surface area contributed by atoms with Gasteiger partial charge >= 0.3 is 0 Å². The van der Waals surface area contributed by atoms with Crippen molar-refractivity contribution in [3.8, 4) is 0 Å². The number of hydrogen-bond donors (Lipinski definition) is 1. The van der Waals surface area contributed by atoms with Crippen molar-refractivity contribution in [1.82, 2.24) is 0 Å². The van der Waals surface area contributed by atoms with Gasteiger partial charge in [0.15, 0.2) is 11.6 Å². The smallest absolute Gasteiger partial charge is 0.159 e. The van der Waals surface area contributed by atoms with E-state index in [1.807, 2.05) is 0 Å². The van der Waals surface area contributed by atoms with E-state index in [1.165, 1.54) is 6.07 Å². The van der Waals surface area contributed by atoms with Crippen LogP contribution < -0.4 is 5.73 Å². The van der Waals surface area contributed by atoms with Gasteiger partial charge in [-0.2, -0.15) is 0 Å². The van der Waals surface area contributed by atoms with Gasteiger partial charge in [-0.15, -0.1) is 0 Å². The van der Waals surface area contributed by atoms with E-state index in [0.29, 0.717) is 18.6 Å². The molecule has 0 fully saturated rings. The number of hydrogen-bond acceptors (Lipinski definition) is 2. The Labute approximate surface area is 81.7 Å². The van der Waals surface area contributed by atoms with Crippen molar-refractivity contribution in [3.05, 3.63) is 35.4 Å². The first-order chi connectivity index (χ1) is 6.63. The molecule has 1 rings (SSSR count). The highest BCUT2D eigenvalue weighted by Crippen LogP contribution is 2.10. The molecule has 78 valence electrons. The molecule has 0 aliphatic rings. The van der Waals surface area contributed by atoms with Crippen molar-refractivity contribution in [3.63, 3.8) is 0 Å². The van der Waals surface area contributed by atoms with Crippen molar-refractivity contribution in [2.75, 3.05) is 13.7 Å². The fourth-order valence-electron chi connectivity index (χ4n) is 1.24. The van der Waals surface area contributed by atoms with E-state index in [9.17, 15) is 8.78 Å². The number of halogens is 2. The fourth-order valence-corrected chi connectivity index (χ4v) is 1.24. The molecule has 0 saturated heterocycles. The van der Waals surface area contributed by atoms with Crippen molar-refractivity contribution < 1.29 is 13.5 Å². The van der Waals surface area contributed by atoms with Crippen LogP contribution in [-0.4, -0.2) is 19.8 Å². The van der Waals surface area contributed by atoms with Gasteiger partial charge in [0, 0.05) is 13.2 Å². The van der Waals surface area contributed by atoms with Gasteiger partial charge in [0.05, 0.1) is 6.61 Å². The molecule has 2 N–H and O–H groups in total. The summed E-state index contributed by atoms with van der Waals surface area (Å²) in [5.74, 6) is -1.68. The molecule has 14 heavy (non-hydrogen) atoms. The van der Waals surface area contributed by atoms with Crippen LogP contribution in [0, 0.1) is 11.6 Å². The molecule has 1 aromatic rings. The summed E-state index contributed by atoms with van der Waals surface area (Å²) >= 11 is 0. The second-order valence-corrected chi connectivity index (χ2v) is 3.17. The predicted molar refractivity (Wildman–Crippen MR) is 49.9 cm³/mol. The second-order valence-electron chi connectivity index (χ2n) is 3.17. The molecule has 1 aromatic carbocycles. The van der Waals surface area contributed by atoms with Crippen LogP contribution in [0.5, 0.6) is 0 Å². The third-order valence-electron chi connectivity index (χ3n) is 1.86. The van der Waals surface area contributed by atoms with E-state index < -0.39 is 11.6 Å². The average Bonchev–Trinajstić information content (AvgIpc) is 2.12. The molecule has 0 heterocycles. The summed E-state index contributed by atoms with van der Waals surface area (Å²) in [6.07, 6.45) is 0.477. The van der Waals surface area contributed by atoms with Gasteiger partial charge in [0.1, 0.15) is 0 Å². The maximum atomic E-state index is 12.8. The molecular formula is C10H13F2NO. The molecule has 0 radical (unpaired) electrons. The van der Waals surface area contributed by atoms with E-state index in [0.717, 1.165) is 12.1 Å². The van der Waals surface area contributed by atoms with E-state index >= 15 is 0 Å². The van der Waals surface area contributed by atoms with Gasteiger partial charge in [-0.05, 0) is 24.1 Å². The third-order valence-corrected chi connectivity index (χ3v) is 1.86. The minimum atomic E-state index is -0.841. The average molecular weight is 201 g/mol. The SMILES string of the molecule is COC[C@H](N)Cc1ccc(F)c(F)c1. The molecule has 0 amide bonds. The van der Waals surface area contributed by atoms with Crippen LogP contribution >= 0.6 is 0 Å². The van der Waals surface area contributed by atoms with Gasteiger partial charge in [0.25, 0.3) is 0 Å². The maximum Gasteiger partial charge on any atom is 0.159 e. The summed E-state index contributed by atoms with van der Waals surface area (Å²) in [5, 5.41) is 0. The minimum absolute atomic E-state index is 0.190. The van der Waals surface area contributed by atoms with Crippen molar-refractivity contribution in [1.29, 1.82) is 0 Å². The molecule has 0 aliphatic carbocycles. The molecule has 0 aromatic heterocycles. The molecule has 0 spiro atoms. The topological polar surface area (TPSA) is 35.2 Å². The first kappa shape index (κ1) is 11.1. The van der Waals surface area contributed by atoms with Crippen molar-refractivity contribution in [2.45, 2.75) is 12.5 Å². The van der Waals surface area contributed by atoms with Crippen LogP contribution in [0.15, 0.2) is 18.2 Å². The van der Waals surface area contributed by atoms with Gasteiger partial charge in [-0.25, -0.2) is 8.78 Å². The third kappa shape index (κ3) is 3.05. The number of rotatable bonds is 4. The molecule has 0 unspecified atom stereocenters. The van der Waals surface area contributed by atoms with Crippen molar-refractivity contribution in [2.24, 2.45) is 5.73 Å². The van der Waals surface area contributed by atoms with Gasteiger partial charge < -0.3 is 10.5 Å². The maximum absolute atomic E-state index is 12.8. The number of ether oxygens (including phenoxy) is 1. The Balaban J connectivity index is 2.63. The number of benzene rings is 1. The van der Waals surface area contributed by atoms with Crippen LogP contribution in [0.1, 0.15) is 5.56 Å². The van der Waals surface area contributed by atoms with Gasteiger partial charge in [-0.1, -0.05) is 6.07 Å². The number of methoxy groups -OCH3 is 1. The normalized spacial score (nSPS) is 12.9. The lowest BCUT2D eigenvalue weighted by Crippen LogP contribution is -2.28. The Kier molecular flexibility index (Phi) is 3.98. The van der Waals surface area contributed by atoms with E-state index in [-0.39, 0.29) is 6.04 Å². The van der Waals surface area contributed by atoms with Crippen LogP contribution in [0.3, 0.4) is 0 Å². The van der Waals surface area contributed by atoms with Gasteiger partial charge in [0.2, 0.25) is 0 Å². The summed E-state index contributed by atoms with van der Waals surface area (Å²) in [4.78, 5) is 0. The first-order valence-corrected chi connectivity index (χ1v) is 4.32. The molecule has 0 bridgehead atoms. The van der Waals surface area contributed by atoms with Crippen LogP contribution in [-0.2, 0) is 11.2 Å². The van der Waals surface area contributed by atoms with Crippen LogP contribution in [0.2, 0.25) is 0 Å². The molecule has 0 aliphatic heterocycles. The zero-order valence-corrected chi connectivity index (χ0v) is 7.97. The zero-order valence-electron chi connectivity index (χ0n) is 7.97.